The zero-order chi connectivity index (χ0) is 47.9. The summed E-state index contributed by atoms with van der Waals surface area (Å²) in [5, 5.41) is 0. The first-order valence-corrected chi connectivity index (χ1v) is 28.3. The van der Waals surface area contributed by atoms with Gasteiger partial charge in [0.05, 0.1) is 0 Å². The topological polar surface area (TPSA) is 78.9 Å². The maximum absolute atomic E-state index is 12.8. The van der Waals surface area contributed by atoms with Gasteiger partial charge in [-0.1, -0.05) is 248 Å². The van der Waals surface area contributed by atoms with Crippen molar-refractivity contribution in [1.29, 1.82) is 0 Å². The Labute approximate surface area is 409 Å². The van der Waals surface area contributed by atoms with Crippen LogP contribution in [0.25, 0.3) is 0 Å². The largest absolute Gasteiger partial charge is 0.462 e. The molecule has 1 unspecified atom stereocenters. The lowest BCUT2D eigenvalue weighted by Crippen LogP contribution is -2.30. The molecular formula is C60H106O6. The van der Waals surface area contributed by atoms with Crippen LogP contribution in [0.5, 0.6) is 0 Å². The molecule has 382 valence electrons. The molecule has 6 nitrogen and oxygen atoms in total. The molecule has 0 aromatic rings. The molecule has 0 fully saturated rings. The lowest BCUT2D eigenvalue weighted by atomic mass is 10.0. The van der Waals surface area contributed by atoms with Crippen LogP contribution in [0.2, 0.25) is 0 Å². The minimum absolute atomic E-state index is 0.0899. The molecular weight excluding hydrogens is 817 g/mol. The van der Waals surface area contributed by atoms with Crippen LogP contribution in [-0.2, 0) is 28.6 Å². The van der Waals surface area contributed by atoms with E-state index >= 15 is 0 Å². The number of carbonyl (C=O) groups excluding carboxylic acids is 3. The van der Waals surface area contributed by atoms with E-state index in [0.717, 1.165) is 103 Å². The molecule has 0 spiro atoms. The minimum atomic E-state index is -0.795. The third-order valence-corrected chi connectivity index (χ3v) is 12.3. The maximum atomic E-state index is 12.8. The fourth-order valence-corrected chi connectivity index (χ4v) is 8.04. The van der Waals surface area contributed by atoms with Crippen molar-refractivity contribution >= 4 is 17.9 Å². The van der Waals surface area contributed by atoms with Crippen molar-refractivity contribution in [1.82, 2.24) is 0 Å². The number of rotatable bonds is 51. The van der Waals surface area contributed by atoms with Gasteiger partial charge in [0.15, 0.2) is 6.10 Å². The van der Waals surface area contributed by atoms with E-state index in [2.05, 4.69) is 81.5 Å². The molecule has 0 aliphatic heterocycles. The highest BCUT2D eigenvalue weighted by molar-refractivity contribution is 5.71. The molecule has 0 aliphatic rings. The van der Waals surface area contributed by atoms with E-state index in [1.807, 2.05) is 0 Å². The molecule has 0 N–H and O–H groups in total. The summed E-state index contributed by atoms with van der Waals surface area (Å²) in [4.78, 5) is 38.1. The first kappa shape index (κ1) is 63.1. The van der Waals surface area contributed by atoms with Gasteiger partial charge in [-0.25, -0.2) is 0 Å². The highest BCUT2D eigenvalue weighted by Gasteiger charge is 2.19. The lowest BCUT2D eigenvalue weighted by molar-refractivity contribution is -0.167. The zero-order valence-electron chi connectivity index (χ0n) is 43.7. The second-order valence-corrected chi connectivity index (χ2v) is 18.9. The summed E-state index contributed by atoms with van der Waals surface area (Å²) in [6.07, 6.45) is 67.8. The fraction of sp³-hybridized carbons (Fsp3) is 0.783. The van der Waals surface area contributed by atoms with Crippen molar-refractivity contribution in [2.45, 2.75) is 290 Å². The van der Waals surface area contributed by atoms with Crippen LogP contribution < -0.4 is 0 Å². The van der Waals surface area contributed by atoms with Crippen molar-refractivity contribution in [2.75, 3.05) is 13.2 Å². The van der Waals surface area contributed by atoms with Gasteiger partial charge in [-0.2, -0.15) is 0 Å². The minimum Gasteiger partial charge on any atom is -0.462 e. The second-order valence-electron chi connectivity index (χ2n) is 18.9. The van der Waals surface area contributed by atoms with Gasteiger partial charge in [0.2, 0.25) is 0 Å². The average Bonchev–Trinajstić information content (AvgIpc) is 3.31. The first-order valence-electron chi connectivity index (χ1n) is 28.3. The first-order chi connectivity index (χ1) is 32.5. The Morgan fingerprint density at radius 1 is 0.333 bits per heavy atom. The predicted octanol–water partition coefficient (Wildman–Crippen LogP) is 18.8. The number of hydrogen-bond donors (Lipinski definition) is 0. The molecule has 0 bridgehead atoms. The number of allylic oxidation sites excluding steroid dienone is 10. The summed E-state index contributed by atoms with van der Waals surface area (Å²) in [6, 6.07) is 0. The van der Waals surface area contributed by atoms with Crippen LogP contribution in [0.1, 0.15) is 284 Å². The Hall–Kier alpha value is -2.89. The molecule has 6 heteroatoms. The van der Waals surface area contributed by atoms with E-state index in [-0.39, 0.29) is 31.1 Å². The van der Waals surface area contributed by atoms with Crippen LogP contribution in [-0.4, -0.2) is 37.2 Å². The van der Waals surface area contributed by atoms with Crippen molar-refractivity contribution < 1.29 is 28.6 Å². The molecule has 0 heterocycles. The van der Waals surface area contributed by atoms with Crippen molar-refractivity contribution in [3.8, 4) is 0 Å². The lowest BCUT2D eigenvalue weighted by Gasteiger charge is -2.18. The van der Waals surface area contributed by atoms with E-state index < -0.39 is 6.10 Å². The normalized spacial score (nSPS) is 12.5. The van der Waals surface area contributed by atoms with Gasteiger partial charge in [-0.15, -0.1) is 0 Å². The number of unbranched alkanes of at least 4 members (excludes halogenated alkanes) is 31. The summed E-state index contributed by atoms with van der Waals surface area (Å²) < 4.78 is 16.8. The van der Waals surface area contributed by atoms with E-state index in [4.69, 9.17) is 14.2 Å². The summed E-state index contributed by atoms with van der Waals surface area (Å²) >= 11 is 0. The van der Waals surface area contributed by atoms with Gasteiger partial charge in [0, 0.05) is 19.3 Å². The van der Waals surface area contributed by atoms with Gasteiger partial charge < -0.3 is 14.2 Å². The quantitative estimate of drug-likeness (QED) is 0.0199. The van der Waals surface area contributed by atoms with Crippen molar-refractivity contribution in [2.24, 2.45) is 0 Å². The number of ether oxygens (including phenoxy) is 3. The monoisotopic (exact) mass is 923 g/mol. The van der Waals surface area contributed by atoms with E-state index in [1.165, 1.54) is 141 Å². The SMILES string of the molecule is CC/C=C\C/C=C\C/C=C\CCCCCCC(=O)OCC(COC(=O)CCCCCCCCCCCCCCCCCCCC)OC(=O)CCCCC/C=C\C=C/CCCCCCCCC. The number of carbonyl (C=O) groups is 3. The van der Waals surface area contributed by atoms with Gasteiger partial charge in [0.25, 0.3) is 0 Å². The van der Waals surface area contributed by atoms with Gasteiger partial charge >= 0.3 is 17.9 Å². The highest BCUT2D eigenvalue weighted by Crippen LogP contribution is 2.16. The average molecular weight is 924 g/mol. The summed E-state index contributed by atoms with van der Waals surface area (Å²) in [5.41, 5.74) is 0. The Kier molecular flexibility index (Phi) is 52.3. The number of hydrogen-bond acceptors (Lipinski definition) is 6. The molecule has 0 aromatic carbocycles. The molecule has 0 rings (SSSR count). The molecule has 0 saturated heterocycles. The molecule has 0 aliphatic carbocycles. The maximum Gasteiger partial charge on any atom is 0.306 e. The van der Waals surface area contributed by atoms with Crippen molar-refractivity contribution in [3.63, 3.8) is 0 Å². The van der Waals surface area contributed by atoms with Gasteiger partial charge in [0.1, 0.15) is 13.2 Å². The molecule has 0 saturated carbocycles. The zero-order valence-corrected chi connectivity index (χ0v) is 43.7. The Balaban J connectivity index is 4.41. The van der Waals surface area contributed by atoms with Crippen LogP contribution >= 0.6 is 0 Å². The van der Waals surface area contributed by atoms with E-state index in [1.54, 1.807) is 0 Å². The molecule has 0 amide bonds. The Bertz CT molecular complexity index is 1200. The number of esters is 3. The predicted molar refractivity (Wildman–Crippen MR) is 284 cm³/mol. The molecule has 66 heavy (non-hydrogen) atoms. The van der Waals surface area contributed by atoms with Crippen LogP contribution in [0, 0.1) is 0 Å². The third kappa shape index (κ3) is 52.1. The summed E-state index contributed by atoms with van der Waals surface area (Å²) in [5.74, 6) is -0.929. The van der Waals surface area contributed by atoms with E-state index in [9.17, 15) is 14.4 Å². The second kappa shape index (κ2) is 54.7. The van der Waals surface area contributed by atoms with Gasteiger partial charge in [-0.05, 0) is 77.0 Å². The van der Waals surface area contributed by atoms with Crippen LogP contribution in [0.3, 0.4) is 0 Å². The smallest absolute Gasteiger partial charge is 0.306 e. The van der Waals surface area contributed by atoms with Crippen molar-refractivity contribution in [3.05, 3.63) is 60.8 Å². The fourth-order valence-electron chi connectivity index (χ4n) is 8.04. The molecule has 0 radical (unpaired) electrons. The van der Waals surface area contributed by atoms with Crippen LogP contribution in [0.4, 0.5) is 0 Å². The molecule has 1 atom stereocenters. The van der Waals surface area contributed by atoms with Gasteiger partial charge in [-0.3, -0.25) is 14.4 Å². The summed E-state index contributed by atoms with van der Waals surface area (Å²) in [7, 11) is 0. The Morgan fingerprint density at radius 3 is 1.03 bits per heavy atom. The Morgan fingerprint density at radius 2 is 0.636 bits per heavy atom. The third-order valence-electron chi connectivity index (χ3n) is 12.3. The van der Waals surface area contributed by atoms with Crippen LogP contribution in [0.15, 0.2) is 60.8 Å². The standard InChI is InChI=1S/C60H106O6/c1-4-7-10-13-16-19-22-25-28-30-31-33-35-38-41-44-47-50-53-59(62)65-56-57(55-64-58(61)52-49-46-43-40-37-34-27-24-21-18-15-12-9-6-3)66-60(63)54-51-48-45-42-39-36-32-29-26-23-20-17-14-11-8-5-2/h9,12,18,21,27,29,32,34,36,39,57H,4-8,10-11,13-17,19-20,22-26,28,30-31,33,35,37-38,40-56H2,1-3H3/b12-9-,21-18-,32-29-,34-27-,39-36-. The van der Waals surface area contributed by atoms with E-state index in [0.29, 0.717) is 19.3 Å². The molecule has 0 aromatic heterocycles. The summed E-state index contributed by atoms with van der Waals surface area (Å²) in [6.45, 7) is 6.51. The highest BCUT2D eigenvalue weighted by atomic mass is 16.6.